The average molecular weight is 560 g/mol. The molecule has 0 saturated carbocycles. The van der Waals surface area contributed by atoms with Gasteiger partial charge in [-0.25, -0.2) is 4.90 Å². The number of anilines is 3. The van der Waals surface area contributed by atoms with E-state index in [4.69, 9.17) is 21.1 Å². The van der Waals surface area contributed by atoms with Crippen molar-refractivity contribution in [1.82, 2.24) is 0 Å². The highest BCUT2D eigenvalue weighted by Gasteiger charge is 2.40. The third-order valence-electron chi connectivity index (χ3n) is 5.90. The smallest absolute Gasteiger partial charge is 0.418 e. The zero-order valence-electron chi connectivity index (χ0n) is 20.8. The predicted octanol–water partition coefficient (Wildman–Crippen LogP) is 5.72. The molecule has 0 atom stereocenters. The van der Waals surface area contributed by atoms with Gasteiger partial charge < -0.3 is 20.1 Å². The number of methoxy groups -OCH3 is 2. The number of benzene rings is 3. The molecule has 3 aromatic carbocycles. The lowest BCUT2D eigenvalue weighted by atomic mass is 10.1. The van der Waals surface area contributed by atoms with Gasteiger partial charge in [-0.3, -0.25) is 14.4 Å². The molecule has 3 aromatic rings. The van der Waals surface area contributed by atoms with E-state index in [0.717, 1.165) is 17.0 Å². The Hall–Kier alpha value is -4.51. The van der Waals surface area contributed by atoms with Crippen molar-refractivity contribution in [1.29, 1.82) is 0 Å². The minimum Gasteiger partial charge on any atom is -0.497 e. The number of halogens is 4. The Bertz CT molecular complexity index is 1520. The molecule has 39 heavy (non-hydrogen) atoms. The second-order valence-corrected chi connectivity index (χ2v) is 8.70. The van der Waals surface area contributed by atoms with Gasteiger partial charge in [0.05, 0.1) is 31.2 Å². The predicted molar refractivity (Wildman–Crippen MR) is 139 cm³/mol. The highest BCUT2D eigenvalue weighted by atomic mass is 35.5. The van der Waals surface area contributed by atoms with Crippen LogP contribution in [0, 0.1) is 6.92 Å². The average Bonchev–Trinajstić information content (AvgIpc) is 3.11. The summed E-state index contributed by atoms with van der Waals surface area (Å²) >= 11 is 6.25. The van der Waals surface area contributed by atoms with E-state index in [0.29, 0.717) is 11.3 Å². The van der Waals surface area contributed by atoms with Crippen LogP contribution in [0.3, 0.4) is 0 Å². The van der Waals surface area contributed by atoms with Gasteiger partial charge in [-0.1, -0.05) is 29.8 Å². The second-order valence-electron chi connectivity index (χ2n) is 8.32. The first-order valence-electron chi connectivity index (χ1n) is 11.3. The molecular weight excluding hydrogens is 539 g/mol. The molecule has 0 saturated heterocycles. The standard InChI is InChI=1S/C27H21ClF3N3O5/c1-14-8-9-15(24(35)33-18-7-5-4-6-17(18)27(29,30)31)12-19(14)32-23-22(28)25(36)34(26(23)37)20-11-10-16(38-2)13-21(20)39-3/h4-13,32H,1-3H3,(H,33,35). The van der Waals surface area contributed by atoms with Gasteiger partial charge in [-0.15, -0.1) is 0 Å². The van der Waals surface area contributed by atoms with Gasteiger partial charge in [0.15, 0.2) is 0 Å². The summed E-state index contributed by atoms with van der Waals surface area (Å²) in [6.45, 7) is 1.67. The molecule has 1 aliphatic rings. The van der Waals surface area contributed by atoms with Crippen molar-refractivity contribution >= 4 is 46.4 Å². The first kappa shape index (κ1) is 27.5. The number of carbonyl (C=O) groups excluding carboxylic acids is 3. The van der Waals surface area contributed by atoms with E-state index in [2.05, 4.69) is 10.6 Å². The van der Waals surface area contributed by atoms with Crippen molar-refractivity contribution in [3.05, 3.63) is 88.1 Å². The summed E-state index contributed by atoms with van der Waals surface area (Å²) in [7, 11) is 2.82. The Kier molecular flexibility index (Phi) is 7.55. The maximum absolute atomic E-state index is 13.3. The molecule has 0 aromatic heterocycles. The number of nitrogens with zero attached hydrogens (tertiary/aromatic N) is 1. The monoisotopic (exact) mass is 559 g/mol. The van der Waals surface area contributed by atoms with Crippen molar-refractivity contribution in [2.45, 2.75) is 13.1 Å². The topological polar surface area (TPSA) is 97.0 Å². The normalized spacial score (nSPS) is 13.6. The van der Waals surface area contributed by atoms with Crippen LogP contribution < -0.4 is 25.0 Å². The van der Waals surface area contributed by atoms with Crippen molar-refractivity contribution < 1.29 is 37.0 Å². The van der Waals surface area contributed by atoms with E-state index in [1.54, 1.807) is 13.0 Å². The lowest BCUT2D eigenvalue weighted by molar-refractivity contribution is -0.137. The molecule has 0 aliphatic carbocycles. The number of hydrogen-bond acceptors (Lipinski definition) is 6. The van der Waals surface area contributed by atoms with E-state index < -0.39 is 40.2 Å². The van der Waals surface area contributed by atoms with E-state index in [-0.39, 0.29) is 28.4 Å². The molecule has 1 aliphatic heterocycles. The van der Waals surface area contributed by atoms with Crippen LogP contribution in [0.15, 0.2) is 71.4 Å². The number of hydrogen-bond donors (Lipinski definition) is 2. The highest BCUT2D eigenvalue weighted by Crippen LogP contribution is 2.38. The van der Waals surface area contributed by atoms with Crippen molar-refractivity contribution in [3.8, 4) is 11.5 Å². The molecule has 12 heteroatoms. The first-order chi connectivity index (χ1) is 18.5. The van der Waals surface area contributed by atoms with E-state index in [1.165, 1.54) is 56.7 Å². The first-order valence-corrected chi connectivity index (χ1v) is 11.7. The third kappa shape index (κ3) is 5.39. The summed E-state index contributed by atoms with van der Waals surface area (Å²) in [5, 5.41) is 4.68. The Morgan fingerprint density at radius 1 is 0.923 bits per heavy atom. The van der Waals surface area contributed by atoms with Gasteiger partial charge in [-0.2, -0.15) is 13.2 Å². The lowest BCUT2D eigenvalue weighted by Crippen LogP contribution is -2.32. The van der Waals surface area contributed by atoms with Gasteiger partial charge in [0.1, 0.15) is 22.2 Å². The molecule has 202 valence electrons. The molecule has 3 amide bonds. The van der Waals surface area contributed by atoms with Crippen LogP contribution in [0.5, 0.6) is 11.5 Å². The number of para-hydroxylation sites is 1. The van der Waals surface area contributed by atoms with Crippen LogP contribution in [0.1, 0.15) is 21.5 Å². The van der Waals surface area contributed by atoms with E-state index in [9.17, 15) is 27.6 Å². The summed E-state index contributed by atoms with van der Waals surface area (Å²) in [5.41, 5.74) is -0.702. The SMILES string of the molecule is COc1ccc(N2C(=O)C(Cl)=C(Nc3cc(C(=O)Nc4ccccc4C(F)(F)F)ccc3C)C2=O)c(OC)c1. The summed E-state index contributed by atoms with van der Waals surface area (Å²) < 4.78 is 50.5. The number of nitrogens with one attached hydrogen (secondary N) is 2. The molecule has 8 nitrogen and oxygen atoms in total. The quantitative estimate of drug-likeness (QED) is 0.360. The number of rotatable bonds is 7. The van der Waals surface area contributed by atoms with Gasteiger partial charge in [0.2, 0.25) is 0 Å². The molecule has 0 fully saturated rings. The van der Waals surface area contributed by atoms with Crippen molar-refractivity contribution in [2.75, 3.05) is 29.8 Å². The Morgan fingerprint density at radius 3 is 2.31 bits per heavy atom. The fraction of sp³-hybridized carbons (Fsp3) is 0.148. The molecule has 0 unspecified atom stereocenters. The molecule has 0 spiro atoms. The minimum absolute atomic E-state index is 0.00209. The second kappa shape index (κ2) is 10.7. The number of ether oxygens (including phenoxy) is 2. The van der Waals surface area contributed by atoms with Gasteiger partial charge in [-0.05, 0) is 48.9 Å². The fourth-order valence-electron chi connectivity index (χ4n) is 3.87. The number of alkyl halides is 3. The summed E-state index contributed by atoms with van der Waals surface area (Å²) in [5.74, 6) is -1.76. The zero-order chi connectivity index (χ0) is 28.5. The Labute approximate surface area is 226 Å². The molecule has 2 N–H and O–H groups in total. The van der Waals surface area contributed by atoms with Crippen LogP contribution in [0.4, 0.5) is 30.2 Å². The van der Waals surface area contributed by atoms with Crippen molar-refractivity contribution in [2.24, 2.45) is 0 Å². The number of carbonyl (C=O) groups is 3. The maximum Gasteiger partial charge on any atom is 0.418 e. The number of amides is 3. The number of imide groups is 1. The Balaban J connectivity index is 1.61. The third-order valence-corrected chi connectivity index (χ3v) is 6.25. The summed E-state index contributed by atoms with van der Waals surface area (Å²) in [4.78, 5) is 39.9. The minimum atomic E-state index is -4.67. The molecule has 1 heterocycles. The highest BCUT2D eigenvalue weighted by molar-refractivity contribution is 6.53. The molecule has 0 radical (unpaired) electrons. The maximum atomic E-state index is 13.3. The molecule has 4 rings (SSSR count). The van der Waals surface area contributed by atoms with Gasteiger partial charge in [0.25, 0.3) is 17.7 Å². The molecular formula is C27H21ClF3N3O5. The van der Waals surface area contributed by atoms with Crippen LogP contribution in [0.2, 0.25) is 0 Å². The van der Waals surface area contributed by atoms with Crippen LogP contribution in [-0.2, 0) is 15.8 Å². The summed E-state index contributed by atoms with van der Waals surface area (Å²) in [6, 6.07) is 13.4. The Morgan fingerprint density at radius 2 is 1.64 bits per heavy atom. The fourth-order valence-corrected chi connectivity index (χ4v) is 4.08. The lowest BCUT2D eigenvalue weighted by Gasteiger charge is -2.19. The summed E-state index contributed by atoms with van der Waals surface area (Å²) in [6.07, 6.45) is -4.67. The molecule has 0 bridgehead atoms. The van der Waals surface area contributed by atoms with Crippen molar-refractivity contribution in [3.63, 3.8) is 0 Å². The van der Waals surface area contributed by atoms with Crippen LogP contribution in [0.25, 0.3) is 0 Å². The zero-order valence-corrected chi connectivity index (χ0v) is 21.5. The van der Waals surface area contributed by atoms with Crippen LogP contribution in [-0.4, -0.2) is 31.9 Å². The largest absolute Gasteiger partial charge is 0.497 e. The van der Waals surface area contributed by atoms with E-state index in [1.807, 2.05) is 0 Å². The van der Waals surface area contributed by atoms with Gasteiger partial charge in [0, 0.05) is 17.3 Å². The van der Waals surface area contributed by atoms with E-state index >= 15 is 0 Å². The van der Waals surface area contributed by atoms with Gasteiger partial charge >= 0.3 is 6.18 Å². The van der Waals surface area contributed by atoms with Crippen LogP contribution >= 0.6 is 11.6 Å². The number of aryl methyl sites for hydroxylation is 1.